The molecule has 0 bridgehead atoms. The molecule has 2 aromatic rings. The van der Waals surface area contributed by atoms with Gasteiger partial charge in [0.2, 0.25) is 0 Å². The number of aromatic nitrogens is 2. The second kappa shape index (κ2) is 7.35. The van der Waals surface area contributed by atoms with Crippen molar-refractivity contribution < 1.29 is 9.18 Å². The van der Waals surface area contributed by atoms with E-state index in [1.54, 1.807) is 0 Å². The summed E-state index contributed by atoms with van der Waals surface area (Å²) in [5.74, 6) is -0.367. The number of nitrogens with one attached hydrogen (secondary N) is 2. The van der Waals surface area contributed by atoms with Gasteiger partial charge in [-0.2, -0.15) is 0 Å². The maximum atomic E-state index is 12.7. The van der Waals surface area contributed by atoms with Crippen molar-refractivity contribution >= 4 is 11.7 Å². The van der Waals surface area contributed by atoms with Gasteiger partial charge in [0.15, 0.2) is 0 Å². The zero-order valence-electron chi connectivity index (χ0n) is 12.2. The molecule has 0 spiro atoms. The predicted molar refractivity (Wildman–Crippen MR) is 81.3 cm³/mol. The van der Waals surface area contributed by atoms with Crippen LogP contribution in [0.3, 0.4) is 0 Å². The van der Waals surface area contributed by atoms with Gasteiger partial charge in [-0.15, -0.1) is 0 Å². The first-order chi connectivity index (χ1) is 10.6. The Hall–Kier alpha value is -2.70. The molecular formula is C15H17FN4O2. The molecule has 116 valence electrons. The molecule has 0 aliphatic heterocycles. The topological polar surface area (TPSA) is 76.0 Å². The van der Waals surface area contributed by atoms with Crippen molar-refractivity contribution in [2.45, 2.75) is 19.9 Å². The van der Waals surface area contributed by atoms with E-state index in [1.807, 2.05) is 6.92 Å². The fourth-order valence-electron chi connectivity index (χ4n) is 1.82. The van der Waals surface area contributed by atoms with Gasteiger partial charge >= 0.3 is 6.03 Å². The van der Waals surface area contributed by atoms with Gasteiger partial charge in [-0.05, 0) is 30.7 Å². The third-order valence-electron chi connectivity index (χ3n) is 3.04. The number of anilines is 1. The largest absolute Gasteiger partial charge is 0.336 e. The summed E-state index contributed by atoms with van der Waals surface area (Å²) in [6.45, 7) is 2.53. The Bertz CT molecular complexity index is 697. The molecule has 2 N–H and O–H groups in total. The van der Waals surface area contributed by atoms with Gasteiger partial charge in [0.1, 0.15) is 5.82 Å². The minimum Gasteiger partial charge on any atom is -0.336 e. The molecule has 0 saturated carbocycles. The smallest absolute Gasteiger partial charge is 0.319 e. The Morgan fingerprint density at radius 3 is 2.68 bits per heavy atom. The summed E-state index contributed by atoms with van der Waals surface area (Å²) in [6.07, 6.45) is 2.18. The molecule has 0 aliphatic rings. The first kappa shape index (κ1) is 15.7. The maximum absolute atomic E-state index is 12.7. The quantitative estimate of drug-likeness (QED) is 0.884. The normalized spacial score (nSPS) is 10.3. The first-order valence-electron chi connectivity index (χ1n) is 6.94. The first-order valence-corrected chi connectivity index (χ1v) is 6.94. The van der Waals surface area contributed by atoms with E-state index in [-0.39, 0.29) is 17.9 Å². The van der Waals surface area contributed by atoms with Crippen LogP contribution in [0.4, 0.5) is 14.9 Å². The van der Waals surface area contributed by atoms with Crippen LogP contribution < -0.4 is 16.2 Å². The molecule has 7 heteroatoms. The van der Waals surface area contributed by atoms with Crippen LogP contribution in [0.5, 0.6) is 0 Å². The number of benzene rings is 1. The summed E-state index contributed by atoms with van der Waals surface area (Å²) in [5, 5.41) is 5.19. The van der Waals surface area contributed by atoms with Crippen molar-refractivity contribution in [3.63, 3.8) is 0 Å². The van der Waals surface area contributed by atoms with Crippen LogP contribution in [0.2, 0.25) is 0 Å². The molecule has 0 saturated heterocycles. The molecule has 6 nitrogen and oxygen atoms in total. The molecule has 22 heavy (non-hydrogen) atoms. The highest BCUT2D eigenvalue weighted by molar-refractivity contribution is 5.89. The van der Waals surface area contributed by atoms with Crippen LogP contribution in [0.15, 0.2) is 41.5 Å². The third-order valence-corrected chi connectivity index (χ3v) is 3.04. The van der Waals surface area contributed by atoms with E-state index in [9.17, 15) is 14.0 Å². The highest BCUT2D eigenvalue weighted by atomic mass is 19.1. The van der Waals surface area contributed by atoms with Crippen molar-refractivity contribution in [3.05, 3.63) is 58.5 Å². The van der Waals surface area contributed by atoms with Crippen molar-refractivity contribution in [1.82, 2.24) is 14.9 Å². The van der Waals surface area contributed by atoms with Gasteiger partial charge in [-0.25, -0.2) is 14.2 Å². The SMILES string of the molecule is CCc1cc(=O)n(CCNC(=O)Nc2ccc(F)cc2)cn1. The van der Waals surface area contributed by atoms with Crippen LogP contribution in [-0.4, -0.2) is 22.1 Å². The van der Waals surface area contributed by atoms with Crippen LogP contribution in [0.1, 0.15) is 12.6 Å². The Labute approximate surface area is 127 Å². The standard InChI is InChI=1S/C15H17FN4O2/c1-2-12-9-14(21)20(10-18-12)8-7-17-15(22)19-13-5-3-11(16)4-6-13/h3-6,9-10H,2,7-8H2,1H3,(H2,17,19,22). The molecule has 0 aliphatic carbocycles. The highest BCUT2D eigenvalue weighted by Gasteiger charge is 2.03. The summed E-state index contributed by atoms with van der Waals surface area (Å²) in [4.78, 5) is 27.5. The summed E-state index contributed by atoms with van der Waals surface area (Å²) >= 11 is 0. The minimum atomic E-state index is -0.419. The van der Waals surface area contributed by atoms with E-state index in [4.69, 9.17) is 0 Å². The number of urea groups is 1. The van der Waals surface area contributed by atoms with E-state index in [0.717, 1.165) is 5.69 Å². The van der Waals surface area contributed by atoms with Gasteiger partial charge < -0.3 is 10.6 Å². The lowest BCUT2D eigenvalue weighted by Gasteiger charge is -2.09. The molecule has 0 radical (unpaired) electrons. The minimum absolute atomic E-state index is 0.146. The molecule has 1 aromatic carbocycles. The van der Waals surface area contributed by atoms with Gasteiger partial charge in [-0.3, -0.25) is 9.36 Å². The molecular weight excluding hydrogens is 287 g/mol. The summed E-state index contributed by atoms with van der Waals surface area (Å²) in [5.41, 5.74) is 1.08. The van der Waals surface area contributed by atoms with E-state index in [0.29, 0.717) is 18.7 Å². The van der Waals surface area contributed by atoms with Gasteiger partial charge in [-0.1, -0.05) is 6.92 Å². The van der Waals surface area contributed by atoms with Crippen molar-refractivity contribution in [3.8, 4) is 0 Å². The van der Waals surface area contributed by atoms with E-state index < -0.39 is 6.03 Å². The fourth-order valence-corrected chi connectivity index (χ4v) is 1.82. The zero-order valence-corrected chi connectivity index (χ0v) is 12.2. The van der Waals surface area contributed by atoms with E-state index in [1.165, 1.54) is 41.2 Å². The second-order valence-electron chi connectivity index (χ2n) is 4.65. The predicted octanol–water partition coefficient (Wildman–Crippen LogP) is 1.77. The maximum Gasteiger partial charge on any atom is 0.319 e. The Kier molecular flexibility index (Phi) is 5.24. The number of carbonyl (C=O) groups is 1. The number of hydrogen-bond donors (Lipinski definition) is 2. The summed E-state index contributed by atoms with van der Waals surface area (Å²) in [6, 6.07) is 6.52. The number of rotatable bonds is 5. The Morgan fingerprint density at radius 2 is 2.05 bits per heavy atom. The molecule has 0 fully saturated rings. The number of aryl methyl sites for hydroxylation is 1. The van der Waals surface area contributed by atoms with E-state index >= 15 is 0 Å². The van der Waals surface area contributed by atoms with Gasteiger partial charge in [0, 0.05) is 30.5 Å². The lowest BCUT2D eigenvalue weighted by Crippen LogP contribution is -2.33. The van der Waals surface area contributed by atoms with Crippen molar-refractivity contribution in [2.75, 3.05) is 11.9 Å². The Morgan fingerprint density at radius 1 is 1.32 bits per heavy atom. The van der Waals surface area contributed by atoms with E-state index in [2.05, 4.69) is 15.6 Å². The van der Waals surface area contributed by atoms with Crippen LogP contribution in [0, 0.1) is 5.82 Å². The van der Waals surface area contributed by atoms with Crippen LogP contribution in [0.25, 0.3) is 0 Å². The molecule has 0 atom stereocenters. The number of nitrogens with zero attached hydrogens (tertiary/aromatic N) is 2. The summed E-state index contributed by atoms with van der Waals surface area (Å²) in [7, 11) is 0. The third kappa shape index (κ3) is 4.41. The number of amides is 2. The van der Waals surface area contributed by atoms with Crippen LogP contribution >= 0.6 is 0 Å². The van der Waals surface area contributed by atoms with Crippen LogP contribution in [-0.2, 0) is 13.0 Å². The zero-order chi connectivity index (χ0) is 15.9. The number of carbonyl (C=O) groups excluding carboxylic acids is 1. The monoisotopic (exact) mass is 304 g/mol. The molecule has 2 amide bonds. The lowest BCUT2D eigenvalue weighted by atomic mass is 10.3. The average Bonchev–Trinajstić information content (AvgIpc) is 2.51. The van der Waals surface area contributed by atoms with Crippen molar-refractivity contribution in [2.24, 2.45) is 0 Å². The number of hydrogen-bond acceptors (Lipinski definition) is 3. The van der Waals surface area contributed by atoms with Crippen molar-refractivity contribution in [1.29, 1.82) is 0 Å². The second-order valence-corrected chi connectivity index (χ2v) is 4.65. The van der Waals surface area contributed by atoms with Gasteiger partial charge in [0.25, 0.3) is 5.56 Å². The summed E-state index contributed by atoms with van der Waals surface area (Å²) < 4.78 is 14.2. The lowest BCUT2D eigenvalue weighted by molar-refractivity contribution is 0.251. The Balaban J connectivity index is 1.82. The van der Waals surface area contributed by atoms with Gasteiger partial charge in [0.05, 0.1) is 6.33 Å². The molecule has 2 rings (SSSR count). The molecule has 1 aromatic heterocycles. The fraction of sp³-hybridized carbons (Fsp3) is 0.267. The molecule has 0 unspecified atom stereocenters. The highest BCUT2D eigenvalue weighted by Crippen LogP contribution is 2.07. The number of halogens is 1. The average molecular weight is 304 g/mol. The molecule has 1 heterocycles.